The molecule has 10 heteroatoms. The smallest absolute Gasteiger partial charge is 0.339 e. The summed E-state index contributed by atoms with van der Waals surface area (Å²) in [5.74, 6) is -0.943. The molecule has 0 radical (unpaired) electrons. The lowest BCUT2D eigenvalue weighted by molar-refractivity contribution is -0.116. The van der Waals surface area contributed by atoms with Crippen molar-refractivity contribution < 1.29 is 22.7 Å². The molecule has 0 heterocycles. The van der Waals surface area contributed by atoms with Crippen molar-refractivity contribution in [3.05, 3.63) is 57.6 Å². The van der Waals surface area contributed by atoms with Crippen LogP contribution in [0.3, 0.4) is 0 Å². The van der Waals surface area contributed by atoms with Gasteiger partial charge in [-0.1, -0.05) is 29.3 Å². The second-order valence-electron chi connectivity index (χ2n) is 6.60. The number of halogens is 2. The Labute approximate surface area is 186 Å². The van der Waals surface area contributed by atoms with Crippen LogP contribution in [0.1, 0.15) is 28.8 Å². The molecule has 2 aromatic rings. The Morgan fingerprint density at radius 1 is 1.13 bits per heavy atom. The van der Waals surface area contributed by atoms with Crippen LogP contribution in [0, 0.1) is 6.92 Å². The molecule has 30 heavy (non-hydrogen) atoms. The Morgan fingerprint density at radius 3 is 2.47 bits per heavy atom. The molecule has 1 amide bonds. The molecule has 0 aliphatic carbocycles. The number of nitrogens with zero attached hydrogens (tertiary/aromatic N) is 1. The fraction of sp³-hybridized carbons (Fsp3) is 0.300. The van der Waals surface area contributed by atoms with E-state index in [2.05, 4.69) is 10.1 Å². The number of aryl methyl sites for hydroxylation is 1. The predicted octanol–water partition coefficient (Wildman–Crippen LogP) is 4.27. The Kier molecular flexibility index (Phi) is 8.11. The van der Waals surface area contributed by atoms with Crippen molar-refractivity contribution in [2.45, 2.75) is 19.8 Å². The summed E-state index contributed by atoms with van der Waals surface area (Å²) in [6, 6.07) is 9.47. The minimum Gasteiger partial charge on any atom is -0.465 e. The third kappa shape index (κ3) is 6.35. The first-order chi connectivity index (χ1) is 14.0. The monoisotopic (exact) mass is 472 g/mol. The summed E-state index contributed by atoms with van der Waals surface area (Å²) >= 11 is 12.0. The van der Waals surface area contributed by atoms with Crippen LogP contribution >= 0.6 is 23.2 Å². The lowest BCUT2D eigenvalue weighted by Gasteiger charge is -2.24. The van der Waals surface area contributed by atoms with Crippen molar-refractivity contribution in [2.75, 3.05) is 29.5 Å². The molecular formula is C20H22Cl2N2O5S. The zero-order valence-electron chi connectivity index (χ0n) is 16.7. The van der Waals surface area contributed by atoms with E-state index in [1.54, 1.807) is 31.2 Å². The van der Waals surface area contributed by atoms with Gasteiger partial charge < -0.3 is 10.1 Å². The van der Waals surface area contributed by atoms with Gasteiger partial charge in [0.1, 0.15) is 0 Å². The first-order valence-corrected chi connectivity index (χ1v) is 11.5. The SMILES string of the molecule is COC(=O)c1cc(NC(=O)CCCN(c2cc(Cl)ccc2C)S(C)(=O)=O)ccc1Cl. The van der Waals surface area contributed by atoms with Crippen molar-refractivity contribution in [3.63, 3.8) is 0 Å². The molecule has 0 aromatic heterocycles. The molecule has 0 aliphatic heterocycles. The molecule has 0 aliphatic rings. The average molecular weight is 473 g/mol. The Bertz CT molecular complexity index is 1060. The highest BCUT2D eigenvalue weighted by Crippen LogP contribution is 2.27. The highest BCUT2D eigenvalue weighted by atomic mass is 35.5. The van der Waals surface area contributed by atoms with Crippen LogP contribution in [0.2, 0.25) is 10.0 Å². The van der Waals surface area contributed by atoms with Gasteiger partial charge in [-0.2, -0.15) is 0 Å². The van der Waals surface area contributed by atoms with Crippen molar-refractivity contribution in [1.29, 1.82) is 0 Å². The highest BCUT2D eigenvalue weighted by molar-refractivity contribution is 7.92. The number of methoxy groups -OCH3 is 1. The van der Waals surface area contributed by atoms with Crippen molar-refractivity contribution in [1.82, 2.24) is 0 Å². The van der Waals surface area contributed by atoms with E-state index < -0.39 is 16.0 Å². The molecule has 7 nitrogen and oxygen atoms in total. The van der Waals surface area contributed by atoms with Crippen molar-refractivity contribution in [2.24, 2.45) is 0 Å². The van der Waals surface area contributed by atoms with E-state index in [1.165, 1.54) is 23.5 Å². The van der Waals surface area contributed by atoms with Crippen LogP contribution in [0.5, 0.6) is 0 Å². The fourth-order valence-electron chi connectivity index (χ4n) is 2.79. The molecule has 0 spiro atoms. The third-order valence-corrected chi connectivity index (χ3v) is 6.01. The van der Waals surface area contributed by atoms with E-state index in [-0.39, 0.29) is 35.9 Å². The summed E-state index contributed by atoms with van der Waals surface area (Å²) in [6.45, 7) is 1.90. The Hall–Kier alpha value is -2.29. The number of anilines is 2. The number of carbonyl (C=O) groups excluding carboxylic acids is 2. The number of carbonyl (C=O) groups is 2. The van der Waals surface area contributed by atoms with Crippen molar-refractivity contribution in [3.8, 4) is 0 Å². The molecule has 1 N–H and O–H groups in total. The number of hydrogen-bond acceptors (Lipinski definition) is 5. The summed E-state index contributed by atoms with van der Waals surface area (Å²) in [5, 5.41) is 3.30. The van der Waals surface area contributed by atoms with Crippen LogP contribution in [0.15, 0.2) is 36.4 Å². The summed E-state index contributed by atoms with van der Waals surface area (Å²) < 4.78 is 30.4. The number of rotatable bonds is 8. The second kappa shape index (κ2) is 10.1. The second-order valence-corrected chi connectivity index (χ2v) is 9.35. The zero-order valence-corrected chi connectivity index (χ0v) is 19.1. The van der Waals surface area contributed by atoms with Gasteiger partial charge in [0, 0.05) is 23.7 Å². The molecular weight excluding hydrogens is 451 g/mol. The van der Waals surface area contributed by atoms with Gasteiger partial charge in [-0.05, 0) is 49.2 Å². The topological polar surface area (TPSA) is 92.8 Å². The Morgan fingerprint density at radius 2 is 1.83 bits per heavy atom. The van der Waals surface area contributed by atoms with Gasteiger partial charge in [0.2, 0.25) is 15.9 Å². The minimum absolute atomic E-state index is 0.0712. The average Bonchev–Trinajstić information content (AvgIpc) is 2.67. The number of benzene rings is 2. The van der Waals surface area contributed by atoms with Gasteiger partial charge >= 0.3 is 5.97 Å². The van der Waals surface area contributed by atoms with Crippen LogP contribution in [0.4, 0.5) is 11.4 Å². The lowest BCUT2D eigenvalue weighted by Crippen LogP contribution is -2.32. The number of amides is 1. The van der Waals surface area contributed by atoms with Gasteiger partial charge in [-0.15, -0.1) is 0 Å². The van der Waals surface area contributed by atoms with E-state index in [0.29, 0.717) is 16.4 Å². The zero-order chi connectivity index (χ0) is 22.5. The summed E-state index contributed by atoms with van der Waals surface area (Å²) in [5.41, 5.74) is 1.75. The Balaban J connectivity index is 2.05. The van der Waals surface area contributed by atoms with Crippen LogP contribution < -0.4 is 9.62 Å². The number of ether oxygens (including phenoxy) is 1. The van der Waals surface area contributed by atoms with Crippen molar-refractivity contribution >= 4 is 56.5 Å². The highest BCUT2D eigenvalue weighted by Gasteiger charge is 2.20. The van der Waals surface area contributed by atoms with E-state index in [0.717, 1.165) is 11.8 Å². The predicted molar refractivity (Wildman–Crippen MR) is 119 cm³/mol. The summed E-state index contributed by atoms with van der Waals surface area (Å²) in [4.78, 5) is 24.0. The largest absolute Gasteiger partial charge is 0.465 e. The lowest BCUT2D eigenvalue weighted by atomic mass is 10.2. The van der Waals surface area contributed by atoms with Gasteiger partial charge in [0.15, 0.2) is 0 Å². The molecule has 0 atom stereocenters. The normalized spacial score (nSPS) is 11.1. The maximum absolute atomic E-state index is 12.3. The van der Waals surface area contributed by atoms with Gasteiger partial charge in [0.05, 0.1) is 29.6 Å². The number of sulfonamides is 1. The first kappa shape index (κ1) is 24.0. The van der Waals surface area contributed by atoms with Crippen LogP contribution in [-0.4, -0.2) is 40.2 Å². The molecule has 0 fully saturated rings. The molecule has 0 saturated heterocycles. The van der Waals surface area contributed by atoms with Gasteiger partial charge in [0.25, 0.3) is 0 Å². The first-order valence-electron chi connectivity index (χ1n) is 8.94. The van der Waals surface area contributed by atoms with E-state index in [9.17, 15) is 18.0 Å². The number of hydrogen-bond donors (Lipinski definition) is 1. The molecule has 2 rings (SSSR count). The number of esters is 1. The maximum atomic E-state index is 12.3. The fourth-order valence-corrected chi connectivity index (χ4v) is 4.17. The van der Waals surface area contributed by atoms with E-state index in [1.807, 2.05) is 0 Å². The molecule has 2 aromatic carbocycles. The molecule has 162 valence electrons. The van der Waals surface area contributed by atoms with Crippen LogP contribution in [0.25, 0.3) is 0 Å². The van der Waals surface area contributed by atoms with Crippen LogP contribution in [-0.2, 0) is 19.6 Å². The van der Waals surface area contributed by atoms with E-state index in [4.69, 9.17) is 23.2 Å². The molecule has 0 saturated carbocycles. The third-order valence-electron chi connectivity index (χ3n) is 4.26. The standard InChI is InChI=1S/C20H22Cl2N2O5S/c1-13-6-7-14(21)11-18(13)24(30(3,27)28)10-4-5-19(25)23-15-8-9-17(22)16(12-15)20(26)29-2/h6-9,11-12H,4-5,10H2,1-3H3,(H,23,25). The maximum Gasteiger partial charge on any atom is 0.339 e. The molecule has 0 unspecified atom stereocenters. The van der Waals surface area contributed by atoms with E-state index >= 15 is 0 Å². The molecule has 0 bridgehead atoms. The van der Waals surface area contributed by atoms with Gasteiger partial charge in [-0.25, -0.2) is 13.2 Å². The summed E-state index contributed by atoms with van der Waals surface area (Å²) in [6.07, 6.45) is 1.46. The summed E-state index contributed by atoms with van der Waals surface area (Å²) in [7, 11) is -2.32. The number of nitrogens with one attached hydrogen (secondary N) is 1. The minimum atomic E-state index is -3.56. The quantitative estimate of drug-likeness (QED) is 0.578. The van der Waals surface area contributed by atoms with Gasteiger partial charge in [-0.3, -0.25) is 9.10 Å².